The van der Waals surface area contributed by atoms with Crippen molar-refractivity contribution in [3.63, 3.8) is 0 Å². The van der Waals surface area contributed by atoms with Gasteiger partial charge in [-0.15, -0.1) is 0 Å². The molecule has 0 aliphatic carbocycles. The van der Waals surface area contributed by atoms with Gasteiger partial charge in [-0.05, 0) is 129 Å². The summed E-state index contributed by atoms with van der Waals surface area (Å²) in [5, 5.41) is 4.92. The predicted octanol–water partition coefficient (Wildman–Crippen LogP) is 21.0. The van der Waals surface area contributed by atoms with Crippen LogP contribution in [0.2, 0.25) is 0 Å². The molecule has 0 amide bonds. The third-order valence-corrected chi connectivity index (χ3v) is 18.2. The smallest absolute Gasteiger partial charge is 0.252 e. The molecule has 87 heavy (non-hydrogen) atoms. The first kappa shape index (κ1) is 51.9. The van der Waals surface area contributed by atoms with Crippen LogP contribution in [-0.4, -0.2) is 6.71 Å². The van der Waals surface area contributed by atoms with Crippen LogP contribution in [0.25, 0.3) is 99.4 Å². The zero-order valence-electron chi connectivity index (χ0n) is 49.0. The van der Waals surface area contributed by atoms with Crippen LogP contribution in [0.3, 0.4) is 0 Å². The SMILES string of the molecule is CC(C)(C)c1cc2c3c(c1)N(c1c(-c4ccccc4)cccc1-c1ccccc1)c1cc(-c4c5ccccc5c(-c5ccccc5)c5ccccc45)ccc1B3c1cc(-c3ccccc3)ccc1N2c1c(-c2ccccc2)cccc1-c1ccccc1. The molecule has 0 aromatic heterocycles. The number of fused-ring (bicyclic) bond motifs is 6. The molecule has 0 spiro atoms. The first-order valence-corrected chi connectivity index (χ1v) is 30.4. The van der Waals surface area contributed by atoms with Crippen LogP contribution in [0, 0.1) is 0 Å². The molecule has 14 aromatic carbocycles. The standard InChI is InChI=1S/C84H61BN2/c1-84(2,3)64-54-77-81-78(55-64)87(83-67(59-34-16-7-17-35-59)46-27-47-68(83)60-36-18-8-19-37-60)76-53-63(80-71-42-24-22-40-69(71)79(61-38-20-9-21-39-61)70-41-23-25-43-72(70)80)48-50-73(76)85(81)74-52-62(56-28-10-4-11-29-56)49-51-75(74)86(77)82-65(57-30-12-5-13-31-57)44-26-45-66(82)58-32-14-6-15-33-58/h4-55H,1-3H3. The molecule has 0 radical (unpaired) electrons. The van der Waals surface area contributed by atoms with Crippen LogP contribution in [-0.2, 0) is 5.41 Å². The molecular formula is C84H61BN2. The fourth-order valence-corrected chi connectivity index (χ4v) is 14.2. The number of nitrogens with zero attached hydrogens (tertiary/aromatic N) is 2. The Morgan fingerprint density at radius 1 is 0.253 bits per heavy atom. The van der Waals surface area contributed by atoms with Crippen molar-refractivity contribution in [1.82, 2.24) is 0 Å². The van der Waals surface area contributed by atoms with E-state index < -0.39 is 0 Å². The summed E-state index contributed by atoms with van der Waals surface area (Å²) in [4.78, 5) is 5.35. The van der Waals surface area contributed by atoms with E-state index in [9.17, 15) is 0 Å². The minimum absolute atomic E-state index is 0.179. The Bertz CT molecular complexity index is 4770. The zero-order chi connectivity index (χ0) is 58.2. The van der Waals surface area contributed by atoms with Crippen molar-refractivity contribution < 1.29 is 0 Å². The van der Waals surface area contributed by atoms with E-state index in [1.807, 2.05) is 0 Å². The molecule has 2 heterocycles. The number of hydrogen-bond acceptors (Lipinski definition) is 2. The summed E-state index contributed by atoms with van der Waals surface area (Å²) in [6, 6.07) is 118. The van der Waals surface area contributed by atoms with Crippen LogP contribution in [0.1, 0.15) is 26.3 Å². The summed E-state index contributed by atoms with van der Waals surface area (Å²) < 4.78 is 0. The molecule has 16 rings (SSSR count). The molecule has 0 fully saturated rings. The summed E-state index contributed by atoms with van der Waals surface area (Å²) >= 11 is 0. The van der Waals surface area contributed by atoms with Gasteiger partial charge in [0.05, 0.1) is 11.4 Å². The monoisotopic (exact) mass is 1110 g/mol. The fourth-order valence-electron chi connectivity index (χ4n) is 14.2. The van der Waals surface area contributed by atoms with E-state index in [-0.39, 0.29) is 12.1 Å². The number of para-hydroxylation sites is 2. The van der Waals surface area contributed by atoms with Crippen molar-refractivity contribution in [2.24, 2.45) is 0 Å². The van der Waals surface area contributed by atoms with Gasteiger partial charge < -0.3 is 9.80 Å². The lowest BCUT2D eigenvalue weighted by molar-refractivity contribution is 0.590. The van der Waals surface area contributed by atoms with Gasteiger partial charge in [-0.1, -0.05) is 312 Å². The largest absolute Gasteiger partial charge is 0.310 e. The Hall–Kier alpha value is -10.7. The lowest BCUT2D eigenvalue weighted by atomic mass is 9.33. The topological polar surface area (TPSA) is 6.48 Å². The van der Waals surface area contributed by atoms with E-state index in [1.165, 1.54) is 99.4 Å². The van der Waals surface area contributed by atoms with Gasteiger partial charge in [-0.25, -0.2) is 0 Å². The molecular weight excluding hydrogens is 1050 g/mol. The highest BCUT2D eigenvalue weighted by Crippen LogP contribution is 2.55. The molecule has 410 valence electrons. The third kappa shape index (κ3) is 8.72. The minimum Gasteiger partial charge on any atom is -0.310 e. The van der Waals surface area contributed by atoms with E-state index in [0.717, 1.165) is 56.1 Å². The van der Waals surface area contributed by atoms with E-state index >= 15 is 0 Å². The first-order chi connectivity index (χ1) is 42.9. The average Bonchev–Trinajstić information content (AvgIpc) is 0.744. The van der Waals surface area contributed by atoms with Crippen molar-refractivity contribution in [3.05, 3.63) is 321 Å². The maximum atomic E-state index is 2.70. The Morgan fingerprint density at radius 2 is 0.609 bits per heavy atom. The molecule has 14 aromatic rings. The van der Waals surface area contributed by atoms with E-state index in [4.69, 9.17) is 0 Å². The van der Waals surface area contributed by atoms with Gasteiger partial charge in [0, 0.05) is 45.0 Å². The highest BCUT2D eigenvalue weighted by molar-refractivity contribution is 7.00. The van der Waals surface area contributed by atoms with Gasteiger partial charge in [0.2, 0.25) is 0 Å². The molecule has 0 atom stereocenters. The minimum atomic E-state index is -0.265. The van der Waals surface area contributed by atoms with Gasteiger partial charge >= 0.3 is 0 Å². The van der Waals surface area contributed by atoms with Gasteiger partial charge in [0.15, 0.2) is 0 Å². The van der Waals surface area contributed by atoms with Crippen LogP contribution in [0.15, 0.2) is 315 Å². The normalized spacial score (nSPS) is 12.5. The molecule has 2 nitrogen and oxygen atoms in total. The lowest BCUT2D eigenvalue weighted by Crippen LogP contribution is -2.61. The van der Waals surface area contributed by atoms with Gasteiger partial charge in [-0.3, -0.25) is 0 Å². The zero-order valence-corrected chi connectivity index (χ0v) is 49.0. The Morgan fingerprint density at radius 3 is 1.02 bits per heavy atom. The quantitative estimate of drug-likeness (QED) is 0.105. The highest BCUT2D eigenvalue weighted by atomic mass is 15.2. The van der Waals surface area contributed by atoms with E-state index in [1.54, 1.807) is 0 Å². The molecule has 3 heteroatoms. The van der Waals surface area contributed by atoms with Crippen LogP contribution in [0.5, 0.6) is 0 Å². The van der Waals surface area contributed by atoms with Gasteiger partial charge in [0.1, 0.15) is 0 Å². The molecule has 0 bridgehead atoms. The third-order valence-electron chi connectivity index (χ3n) is 18.2. The first-order valence-electron chi connectivity index (χ1n) is 30.4. The van der Waals surface area contributed by atoms with Crippen molar-refractivity contribution in [2.45, 2.75) is 26.2 Å². The average molecular weight is 1110 g/mol. The maximum absolute atomic E-state index is 2.70. The second kappa shape index (κ2) is 21.1. The van der Waals surface area contributed by atoms with Crippen molar-refractivity contribution in [1.29, 1.82) is 0 Å². The molecule has 0 N–H and O–H groups in total. The van der Waals surface area contributed by atoms with Crippen LogP contribution < -0.4 is 26.2 Å². The van der Waals surface area contributed by atoms with E-state index in [2.05, 4.69) is 346 Å². The second-order valence-corrected chi connectivity index (χ2v) is 24.3. The molecule has 2 aliphatic heterocycles. The Labute approximate surface area is 510 Å². The maximum Gasteiger partial charge on any atom is 0.252 e. The van der Waals surface area contributed by atoms with Crippen molar-refractivity contribution >= 4 is 78.8 Å². The van der Waals surface area contributed by atoms with Crippen molar-refractivity contribution in [3.8, 4) is 77.9 Å². The van der Waals surface area contributed by atoms with Gasteiger partial charge in [0.25, 0.3) is 6.71 Å². The van der Waals surface area contributed by atoms with Crippen LogP contribution >= 0.6 is 0 Å². The molecule has 2 aliphatic rings. The van der Waals surface area contributed by atoms with Crippen molar-refractivity contribution in [2.75, 3.05) is 9.80 Å². The number of hydrogen-bond donors (Lipinski definition) is 0. The van der Waals surface area contributed by atoms with E-state index in [0.29, 0.717) is 0 Å². The summed E-state index contributed by atoms with van der Waals surface area (Å²) in [5.41, 5.74) is 28.2. The Kier molecular flexibility index (Phi) is 12.6. The lowest BCUT2D eigenvalue weighted by Gasteiger charge is -2.46. The number of benzene rings is 14. The molecule has 0 unspecified atom stereocenters. The number of rotatable bonds is 9. The van der Waals surface area contributed by atoms with Crippen LogP contribution in [0.4, 0.5) is 34.1 Å². The Balaban J connectivity index is 1.08. The second-order valence-electron chi connectivity index (χ2n) is 24.3. The van der Waals surface area contributed by atoms with Gasteiger partial charge in [-0.2, -0.15) is 0 Å². The molecule has 0 saturated heterocycles. The summed E-state index contributed by atoms with van der Waals surface area (Å²) in [6.07, 6.45) is 0. The summed E-state index contributed by atoms with van der Waals surface area (Å²) in [7, 11) is 0. The summed E-state index contributed by atoms with van der Waals surface area (Å²) in [5.74, 6) is 0. The fraction of sp³-hybridized carbons (Fsp3) is 0.0476. The summed E-state index contributed by atoms with van der Waals surface area (Å²) in [6.45, 7) is 6.95. The predicted molar refractivity (Wildman–Crippen MR) is 372 cm³/mol. The molecule has 0 saturated carbocycles. The highest BCUT2D eigenvalue weighted by Gasteiger charge is 2.46. The number of anilines is 6.